The molecule has 4 aliphatic carbocycles. The van der Waals surface area contributed by atoms with E-state index in [2.05, 4.69) is 33.0 Å². The molecule has 0 saturated heterocycles. The van der Waals surface area contributed by atoms with E-state index in [1.165, 1.54) is 38.5 Å². The molecule has 3 nitrogen and oxygen atoms in total. The number of rotatable bonds is 5. The van der Waals surface area contributed by atoms with Crippen LogP contribution in [0.4, 0.5) is 0 Å². The van der Waals surface area contributed by atoms with Crippen LogP contribution in [-0.2, 0) is 4.79 Å². The molecule has 1 N–H and O–H groups in total. The van der Waals surface area contributed by atoms with E-state index in [-0.39, 0.29) is 11.4 Å². The molecule has 4 aliphatic rings. The van der Waals surface area contributed by atoms with Gasteiger partial charge in [0.15, 0.2) is 0 Å². The summed E-state index contributed by atoms with van der Waals surface area (Å²) in [4.78, 5) is 14.3. The van der Waals surface area contributed by atoms with Crippen LogP contribution >= 0.6 is 0 Å². The Kier molecular flexibility index (Phi) is 3.63. The standard InChI is InChI=1S/C18H32N2O/c1-5-20(6-2)15(21)10-19-18-9-14-7-16(3,12-18)11-17(4,8-14)13-18/h14,19H,5-13H2,1-4H3. The fourth-order valence-corrected chi connectivity index (χ4v) is 6.60. The minimum Gasteiger partial charge on any atom is -0.342 e. The van der Waals surface area contributed by atoms with Crippen LogP contribution in [0.25, 0.3) is 0 Å². The molecule has 2 unspecified atom stereocenters. The molecule has 0 aromatic heterocycles. The van der Waals surface area contributed by atoms with Gasteiger partial charge in [0.05, 0.1) is 6.54 Å². The van der Waals surface area contributed by atoms with Crippen LogP contribution in [0.5, 0.6) is 0 Å². The van der Waals surface area contributed by atoms with Gasteiger partial charge in [-0.3, -0.25) is 4.79 Å². The second kappa shape index (κ2) is 4.97. The maximum Gasteiger partial charge on any atom is 0.236 e. The van der Waals surface area contributed by atoms with E-state index >= 15 is 0 Å². The van der Waals surface area contributed by atoms with E-state index in [0.717, 1.165) is 19.0 Å². The van der Waals surface area contributed by atoms with Crippen molar-refractivity contribution in [3.63, 3.8) is 0 Å². The predicted octanol–water partition coefficient (Wildman–Crippen LogP) is 3.19. The molecule has 4 bridgehead atoms. The Labute approximate surface area is 129 Å². The summed E-state index contributed by atoms with van der Waals surface area (Å²) in [7, 11) is 0. The zero-order valence-corrected chi connectivity index (χ0v) is 14.3. The zero-order valence-electron chi connectivity index (χ0n) is 14.3. The Morgan fingerprint density at radius 1 is 1.05 bits per heavy atom. The van der Waals surface area contributed by atoms with Gasteiger partial charge in [0, 0.05) is 18.6 Å². The molecule has 0 aromatic carbocycles. The van der Waals surface area contributed by atoms with Gasteiger partial charge in [0.25, 0.3) is 0 Å². The van der Waals surface area contributed by atoms with Gasteiger partial charge < -0.3 is 10.2 Å². The molecule has 4 rings (SSSR count). The van der Waals surface area contributed by atoms with Crippen LogP contribution in [0.15, 0.2) is 0 Å². The molecular formula is C18H32N2O. The van der Waals surface area contributed by atoms with Crippen LogP contribution < -0.4 is 5.32 Å². The molecule has 21 heavy (non-hydrogen) atoms. The number of likely N-dealkylation sites (N-methyl/N-ethyl adjacent to an activating group) is 1. The lowest BCUT2D eigenvalue weighted by Gasteiger charge is -2.65. The number of carbonyl (C=O) groups is 1. The Balaban J connectivity index is 1.69. The molecule has 0 spiro atoms. The van der Waals surface area contributed by atoms with E-state index in [1.54, 1.807) is 0 Å². The maximum atomic E-state index is 12.3. The van der Waals surface area contributed by atoms with Crippen molar-refractivity contribution in [2.75, 3.05) is 19.6 Å². The predicted molar refractivity (Wildman–Crippen MR) is 86.1 cm³/mol. The van der Waals surface area contributed by atoms with Gasteiger partial charge in [-0.05, 0) is 69.1 Å². The van der Waals surface area contributed by atoms with E-state index in [9.17, 15) is 4.79 Å². The number of nitrogens with one attached hydrogen (secondary N) is 1. The molecule has 0 aliphatic heterocycles. The highest BCUT2D eigenvalue weighted by atomic mass is 16.2. The topological polar surface area (TPSA) is 32.3 Å². The van der Waals surface area contributed by atoms with Crippen molar-refractivity contribution < 1.29 is 4.79 Å². The Morgan fingerprint density at radius 2 is 1.62 bits per heavy atom. The SMILES string of the molecule is CCN(CC)C(=O)CNC12CC3CC(C)(CC(C)(C3)C1)C2. The number of amides is 1. The quantitative estimate of drug-likeness (QED) is 0.844. The van der Waals surface area contributed by atoms with Crippen LogP contribution in [0.2, 0.25) is 0 Å². The second-order valence-electron chi connectivity index (χ2n) is 8.83. The number of carbonyl (C=O) groups excluding carboxylic acids is 1. The van der Waals surface area contributed by atoms with Crippen molar-refractivity contribution in [3.05, 3.63) is 0 Å². The van der Waals surface area contributed by atoms with Gasteiger partial charge in [-0.1, -0.05) is 13.8 Å². The van der Waals surface area contributed by atoms with Crippen molar-refractivity contribution in [1.82, 2.24) is 10.2 Å². The summed E-state index contributed by atoms with van der Waals surface area (Å²) in [5.41, 5.74) is 1.27. The average Bonchev–Trinajstić information content (AvgIpc) is 2.33. The molecule has 0 aromatic rings. The summed E-state index contributed by atoms with van der Waals surface area (Å²) >= 11 is 0. The third-order valence-corrected chi connectivity index (χ3v) is 6.36. The van der Waals surface area contributed by atoms with Crippen molar-refractivity contribution in [2.24, 2.45) is 16.7 Å². The van der Waals surface area contributed by atoms with Gasteiger partial charge in [0.2, 0.25) is 5.91 Å². The molecule has 3 heteroatoms. The minimum absolute atomic E-state index is 0.242. The molecule has 2 atom stereocenters. The largest absolute Gasteiger partial charge is 0.342 e. The second-order valence-corrected chi connectivity index (χ2v) is 8.83. The summed E-state index contributed by atoms with van der Waals surface area (Å²) in [6, 6.07) is 0. The smallest absolute Gasteiger partial charge is 0.236 e. The Hall–Kier alpha value is -0.570. The first-order chi connectivity index (χ1) is 9.81. The summed E-state index contributed by atoms with van der Waals surface area (Å²) in [6.07, 6.45) is 8.06. The summed E-state index contributed by atoms with van der Waals surface area (Å²) in [5.74, 6) is 1.15. The maximum absolute atomic E-state index is 12.3. The van der Waals surface area contributed by atoms with Crippen molar-refractivity contribution in [1.29, 1.82) is 0 Å². The van der Waals surface area contributed by atoms with Crippen LogP contribution in [-0.4, -0.2) is 36.0 Å². The number of hydrogen-bond donors (Lipinski definition) is 1. The van der Waals surface area contributed by atoms with Crippen LogP contribution in [0.3, 0.4) is 0 Å². The van der Waals surface area contributed by atoms with Crippen LogP contribution in [0, 0.1) is 16.7 Å². The highest BCUT2D eigenvalue weighted by Crippen LogP contribution is 2.66. The van der Waals surface area contributed by atoms with Gasteiger partial charge in [0.1, 0.15) is 0 Å². The third kappa shape index (κ3) is 2.74. The van der Waals surface area contributed by atoms with Crippen molar-refractivity contribution in [2.45, 2.75) is 71.8 Å². The minimum atomic E-state index is 0.242. The third-order valence-electron chi connectivity index (χ3n) is 6.36. The lowest BCUT2D eigenvalue weighted by atomic mass is 9.43. The summed E-state index contributed by atoms with van der Waals surface area (Å²) in [5, 5.41) is 3.74. The summed E-state index contributed by atoms with van der Waals surface area (Å²) in [6.45, 7) is 11.3. The molecule has 4 saturated carbocycles. The van der Waals surface area contributed by atoms with Crippen molar-refractivity contribution in [3.8, 4) is 0 Å². The molecule has 0 heterocycles. The highest BCUT2D eigenvalue weighted by molar-refractivity contribution is 5.78. The lowest BCUT2D eigenvalue weighted by molar-refractivity contribution is -0.136. The number of hydrogen-bond acceptors (Lipinski definition) is 2. The van der Waals surface area contributed by atoms with E-state index in [0.29, 0.717) is 17.4 Å². The number of nitrogens with zero attached hydrogens (tertiary/aromatic N) is 1. The lowest BCUT2D eigenvalue weighted by Crippen LogP contribution is -2.65. The zero-order chi connectivity index (χ0) is 15.3. The first-order valence-corrected chi connectivity index (χ1v) is 8.84. The first-order valence-electron chi connectivity index (χ1n) is 8.84. The first kappa shape index (κ1) is 15.3. The normalized spacial score (nSPS) is 44.1. The monoisotopic (exact) mass is 292 g/mol. The fourth-order valence-electron chi connectivity index (χ4n) is 6.60. The summed E-state index contributed by atoms with van der Waals surface area (Å²) < 4.78 is 0. The van der Waals surface area contributed by atoms with E-state index < -0.39 is 0 Å². The molecule has 0 radical (unpaired) electrons. The molecule has 120 valence electrons. The Bertz CT molecular complexity index is 411. The van der Waals surface area contributed by atoms with Gasteiger partial charge in [-0.25, -0.2) is 0 Å². The Morgan fingerprint density at radius 3 is 2.10 bits per heavy atom. The van der Waals surface area contributed by atoms with Crippen molar-refractivity contribution >= 4 is 5.91 Å². The van der Waals surface area contributed by atoms with Gasteiger partial charge in [-0.15, -0.1) is 0 Å². The molecule has 4 fully saturated rings. The van der Waals surface area contributed by atoms with Gasteiger partial charge in [-0.2, -0.15) is 0 Å². The molecular weight excluding hydrogens is 260 g/mol. The highest BCUT2D eigenvalue weighted by Gasteiger charge is 2.59. The van der Waals surface area contributed by atoms with E-state index in [1.807, 2.05) is 4.90 Å². The molecule has 1 amide bonds. The van der Waals surface area contributed by atoms with E-state index in [4.69, 9.17) is 0 Å². The van der Waals surface area contributed by atoms with Crippen LogP contribution in [0.1, 0.15) is 66.2 Å². The van der Waals surface area contributed by atoms with Gasteiger partial charge >= 0.3 is 0 Å². The average molecular weight is 292 g/mol. The fraction of sp³-hybridized carbons (Fsp3) is 0.944.